The maximum absolute atomic E-state index is 13.8. The van der Waals surface area contributed by atoms with Gasteiger partial charge in [0, 0.05) is 11.2 Å². The molecule has 0 radical (unpaired) electrons. The average molecular weight is 591 g/mol. The molecule has 12 heteroatoms. The maximum atomic E-state index is 13.8. The highest BCUT2D eigenvalue weighted by molar-refractivity contribution is 7.22. The van der Waals surface area contributed by atoms with E-state index in [9.17, 15) is 14.7 Å². The monoisotopic (exact) mass is 590 g/mol. The minimum atomic E-state index is -1.09. The summed E-state index contributed by atoms with van der Waals surface area (Å²) in [6.45, 7) is 1.73. The van der Waals surface area contributed by atoms with E-state index in [1.807, 2.05) is 6.07 Å². The van der Waals surface area contributed by atoms with Crippen LogP contribution < -0.4 is 19.1 Å². The summed E-state index contributed by atoms with van der Waals surface area (Å²) >= 11 is 7.41. The quantitative estimate of drug-likeness (QED) is 0.155. The standard InChI is InChI=1S/C29H23ClN4O6S/c1-14-23(33-10-6-5-7-21(33)31-14)25(35)22-24(15-11-18(38-2)27(40-4)19(12-15)39-3)34(28(37)26(22)36)29-32-17-9-8-16(30)13-20(17)41-29/h5-13,24,35H,1-4H3/b25-22+. The molecule has 0 saturated carbocycles. The van der Waals surface area contributed by atoms with Gasteiger partial charge in [0.2, 0.25) is 5.75 Å². The van der Waals surface area contributed by atoms with Crippen molar-refractivity contribution in [2.45, 2.75) is 13.0 Å². The normalized spacial score (nSPS) is 16.6. The summed E-state index contributed by atoms with van der Waals surface area (Å²) in [7, 11) is 4.42. The molecule has 5 aromatic rings. The number of pyridine rings is 1. The lowest BCUT2D eigenvalue weighted by molar-refractivity contribution is -0.132. The largest absolute Gasteiger partial charge is 0.505 e. The Labute approximate surface area is 243 Å². The molecule has 1 aliphatic heterocycles. The summed E-state index contributed by atoms with van der Waals surface area (Å²) in [5.74, 6) is -1.12. The Bertz CT molecular complexity index is 1890. The predicted molar refractivity (Wildman–Crippen MR) is 155 cm³/mol. The molecular weight excluding hydrogens is 568 g/mol. The molecule has 2 aromatic carbocycles. The first-order chi connectivity index (χ1) is 19.8. The first kappa shape index (κ1) is 26.6. The molecule has 41 heavy (non-hydrogen) atoms. The molecule has 0 spiro atoms. The summed E-state index contributed by atoms with van der Waals surface area (Å²) in [6, 6.07) is 12.8. The minimum absolute atomic E-state index is 0.129. The number of Topliss-reactive ketones (excluding diaryl/α,β-unsaturated/α-hetero) is 1. The van der Waals surface area contributed by atoms with Crippen LogP contribution in [0, 0.1) is 6.92 Å². The average Bonchev–Trinajstić information content (AvgIpc) is 3.62. The number of methoxy groups -OCH3 is 3. The van der Waals surface area contributed by atoms with Crippen molar-refractivity contribution in [2.24, 2.45) is 0 Å². The molecular formula is C29H23ClN4O6S. The van der Waals surface area contributed by atoms with Crippen molar-refractivity contribution in [1.29, 1.82) is 0 Å². The van der Waals surface area contributed by atoms with Gasteiger partial charge >= 0.3 is 5.91 Å². The molecule has 1 saturated heterocycles. The zero-order valence-corrected chi connectivity index (χ0v) is 23.9. The Hall–Kier alpha value is -4.61. The number of ketones is 1. The Morgan fingerprint density at radius 2 is 1.73 bits per heavy atom. The third-order valence-corrected chi connectivity index (χ3v) is 8.17. The number of hydrogen-bond acceptors (Lipinski definition) is 9. The second-order valence-electron chi connectivity index (χ2n) is 9.21. The first-order valence-electron chi connectivity index (χ1n) is 12.4. The van der Waals surface area contributed by atoms with Gasteiger partial charge in [-0.3, -0.25) is 18.9 Å². The van der Waals surface area contributed by atoms with Crippen LogP contribution in [0.4, 0.5) is 5.13 Å². The fourth-order valence-electron chi connectivity index (χ4n) is 5.12. The van der Waals surface area contributed by atoms with Gasteiger partial charge in [-0.1, -0.05) is 29.0 Å². The second-order valence-corrected chi connectivity index (χ2v) is 10.7. The molecule has 4 heterocycles. The fourth-order valence-corrected chi connectivity index (χ4v) is 6.39. The van der Waals surface area contributed by atoms with Crippen LogP contribution in [0.1, 0.15) is 23.0 Å². The van der Waals surface area contributed by atoms with Crippen molar-refractivity contribution in [3.8, 4) is 17.2 Å². The maximum Gasteiger partial charge on any atom is 0.301 e. The number of hydrogen-bond donors (Lipinski definition) is 1. The highest BCUT2D eigenvalue weighted by Gasteiger charge is 2.49. The van der Waals surface area contributed by atoms with Gasteiger partial charge in [-0.15, -0.1) is 0 Å². The Balaban J connectivity index is 1.65. The van der Waals surface area contributed by atoms with Crippen molar-refractivity contribution >= 4 is 61.4 Å². The Morgan fingerprint density at radius 1 is 1.00 bits per heavy atom. The lowest BCUT2D eigenvalue weighted by Crippen LogP contribution is -2.29. The van der Waals surface area contributed by atoms with E-state index >= 15 is 0 Å². The fraction of sp³-hybridized carbons (Fsp3) is 0.172. The van der Waals surface area contributed by atoms with E-state index in [-0.39, 0.29) is 16.5 Å². The number of benzene rings is 2. The highest BCUT2D eigenvalue weighted by Crippen LogP contribution is 2.48. The van der Waals surface area contributed by atoms with Crippen LogP contribution in [0.2, 0.25) is 5.02 Å². The number of aromatic nitrogens is 3. The Morgan fingerprint density at radius 3 is 2.41 bits per heavy atom. The number of nitrogens with zero attached hydrogens (tertiary/aromatic N) is 4. The third-order valence-electron chi connectivity index (χ3n) is 6.92. The summed E-state index contributed by atoms with van der Waals surface area (Å²) in [4.78, 5) is 38.0. The van der Waals surface area contributed by atoms with Gasteiger partial charge < -0.3 is 19.3 Å². The number of ether oxygens (including phenoxy) is 3. The van der Waals surface area contributed by atoms with Crippen LogP contribution in [0.5, 0.6) is 17.2 Å². The third kappa shape index (κ3) is 4.16. The molecule has 1 atom stereocenters. The molecule has 6 rings (SSSR count). The van der Waals surface area contributed by atoms with E-state index < -0.39 is 17.7 Å². The molecule has 208 valence electrons. The van der Waals surface area contributed by atoms with Crippen molar-refractivity contribution in [2.75, 3.05) is 26.2 Å². The molecule has 0 aliphatic carbocycles. The predicted octanol–water partition coefficient (Wildman–Crippen LogP) is 5.56. The molecule has 1 N–H and O–H groups in total. The van der Waals surface area contributed by atoms with Gasteiger partial charge in [0.15, 0.2) is 22.4 Å². The van der Waals surface area contributed by atoms with E-state index in [1.165, 1.54) is 37.6 Å². The van der Waals surface area contributed by atoms with Gasteiger partial charge in [-0.25, -0.2) is 9.97 Å². The SMILES string of the molecule is COc1cc(C2/C(=C(\O)c3c(C)nc4ccccn34)C(=O)C(=O)N2c2nc3ccc(Cl)cc3s2)cc(OC)c1OC. The van der Waals surface area contributed by atoms with Gasteiger partial charge in [0.05, 0.1) is 48.9 Å². The minimum Gasteiger partial charge on any atom is -0.505 e. The number of imidazole rings is 1. The van der Waals surface area contributed by atoms with Crippen LogP contribution in [-0.2, 0) is 9.59 Å². The summed E-state index contributed by atoms with van der Waals surface area (Å²) in [5, 5.41) is 12.6. The smallest absolute Gasteiger partial charge is 0.301 e. The number of carbonyl (C=O) groups is 2. The van der Waals surface area contributed by atoms with E-state index in [1.54, 1.807) is 60.0 Å². The van der Waals surface area contributed by atoms with Gasteiger partial charge in [0.25, 0.3) is 5.78 Å². The number of aliphatic hydroxyl groups excluding tert-OH is 1. The summed E-state index contributed by atoms with van der Waals surface area (Å²) < 4.78 is 19.0. The number of halogens is 1. The zero-order valence-electron chi connectivity index (χ0n) is 22.3. The lowest BCUT2D eigenvalue weighted by atomic mass is 9.95. The van der Waals surface area contributed by atoms with E-state index in [4.69, 9.17) is 25.8 Å². The van der Waals surface area contributed by atoms with Crippen LogP contribution in [0.3, 0.4) is 0 Å². The lowest BCUT2D eigenvalue weighted by Gasteiger charge is -2.24. The van der Waals surface area contributed by atoms with Crippen LogP contribution in [-0.4, -0.2) is 52.5 Å². The molecule has 1 aliphatic rings. The number of rotatable bonds is 6. The number of fused-ring (bicyclic) bond motifs is 2. The van der Waals surface area contributed by atoms with E-state index in [0.717, 1.165) is 4.70 Å². The van der Waals surface area contributed by atoms with Crippen molar-refractivity contribution in [3.05, 3.63) is 82.3 Å². The van der Waals surface area contributed by atoms with E-state index in [2.05, 4.69) is 9.97 Å². The molecule has 1 unspecified atom stereocenters. The Kier molecular flexibility index (Phi) is 6.55. The topological polar surface area (TPSA) is 115 Å². The van der Waals surface area contributed by atoms with Crippen molar-refractivity contribution in [1.82, 2.24) is 14.4 Å². The molecule has 1 fully saturated rings. The van der Waals surface area contributed by atoms with Crippen LogP contribution in [0.15, 0.2) is 60.3 Å². The number of amides is 1. The first-order valence-corrected chi connectivity index (χ1v) is 13.6. The number of aryl methyl sites for hydroxylation is 1. The van der Waals surface area contributed by atoms with Crippen molar-refractivity contribution in [3.63, 3.8) is 0 Å². The number of thiazole rings is 1. The summed E-state index contributed by atoms with van der Waals surface area (Å²) in [6.07, 6.45) is 1.73. The second kappa shape index (κ2) is 10.1. The van der Waals surface area contributed by atoms with Crippen molar-refractivity contribution < 1.29 is 28.9 Å². The van der Waals surface area contributed by atoms with Gasteiger partial charge in [-0.05, 0) is 55.0 Å². The molecule has 1 amide bonds. The van der Waals surface area contributed by atoms with Gasteiger partial charge in [-0.2, -0.15) is 0 Å². The molecule has 10 nitrogen and oxygen atoms in total. The number of anilines is 1. The van der Waals surface area contributed by atoms with Crippen LogP contribution in [0.25, 0.3) is 21.6 Å². The number of carbonyl (C=O) groups excluding carboxylic acids is 2. The van der Waals surface area contributed by atoms with E-state index in [0.29, 0.717) is 50.4 Å². The molecule has 3 aromatic heterocycles. The summed E-state index contributed by atoms with van der Waals surface area (Å²) in [5.41, 5.74) is 2.27. The van der Waals surface area contributed by atoms with Gasteiger partial charge in [0.1, 0.15) is 11.3 Å². The number of aliphatic hydroxyl groups is 1. The zero-order chi connectivity index (χ0) is 29.0. The highest BCUT2D eigenvalue weighted by atomic mass is 35.5. The molecule has 0 bridgehead atoms. The van der Waals surface area contributed by atoms with Crippen LogP contribution >= 0.6 is 22.9 Å².